The summed E-state index contributed by atoms with van der Waals surface area (Å²) in [7, 11) is 0. The van der Waals surface area contributed by atoms with E-state index in [1.807, 2.05) is 13.0 Å². The number of carbonyl (C=O) groups is 1. The Balaban J connectivity index is 2.81. The van der Waals surface area contributed by atoms with Gasteiger partial charge in [-0.2, -0.15) is 0 Å². The van der Waals surface area contributed by atoms with Crippen molar-refractivity contribution in [2.75, 3.05) is 13.2 Å². The van der Waals surface area contributed by atoms with E-state index in [1.54, 1.807) is 12.1 Å². The molecule has 0 spiro atoms. The molecule has 0 unspecified atom stereocenters. The molecule has 1 aromatic carbocycles. The van der Waals surface area contributed by atoms with Crippen LogP contribution in [0.1, 0.15) is 22.8 Å². The smallest absolute Gasteiger partial charge is 0.252 e. The number of aryl methyl sites for hydroxylation is 1. The molecule has 1 aromatic rings. The third-order valence-electron chi connectivity index (χ3n) is 2.08. The van der Waals surface area contributed by atoms with E-state index in [4.69, 9.17) is 16.7 Å². The van der Waals surface area contributed by atoms with Crippen LogP contribution in [0.25, 0.3) is 0 Å². The second kappa shape index (κ2) is 5.73. The molecule has 1 rings (SSSR count). The normalized spacial score (nSPS) is 10.1. The van der Waals surface area contributed by atoms with Crippen molar-refractivity contribution in [1.29, 1.82) is 0 Å². The van der Waals surface area contributed by atoms with Gasteiger partial charge in [0.2, 0.25) is 0 Å². The second-order valence-electron chi connectivity index (χ2n) is 3.15. The molecule has 0 bridgehead atoms. The van der Waals surface area contributed by atoms with Crippen molar-refractivity contribution >= 4 is 17.5 Å². The molecule has 0 atom stereocenters. The molecule has 2 N–H and O–H groups in total. The highest BCUT2D eigenvalue weighted by atomic mass is 35.5. The van der Waals surface area contributed by atoms with Crippen LogP contribution in [0.5, 0.6) is 0 Å². The van der Waals surface area contributed by atoms with E-state index < -0.39 is 0 Å². The fourth-order valence-electron chi connectivity index (χ4n) is 1.23. The summed E-state index contributed by atoms with van der Waals surface area (Å²) in [6, 6.07) is 5.36. The predicted octanol–water partition coefficient (Wildman–Crippen LogP) is 1.62. The van der Waals surface area contributed by atoms with E-state index in [0.29, 0.717) is 10.6 Å². The molecule has 0 aromatic heterocycles. The molecule has 15 heavy (non-hydrogen) atoms. The minimum atomic E-state index is -0.253. The summed E-state index contributed by atoms with van der Waals surface area (Å²) in [6.07, 6.45) is 0.887. The third-order valence-corrected chi connectivity index (χ3v) is 2.40. The maximum absolute atomic E-state index is 11.5. The Morgan fingerprint density at radius 1 is 1.53 bits per heavy atom. The molecule has 0 saturated carbocycles. The number of aliphatic hydroxyl groups excluding tert-OH is 1. The lowest BCUT2D eigenvalue weighted by atomic mass is 10.1. The van der Waals surface area contributed by atoms with Crippen molar-refractivity contribution in [3.63, 3.8) is 0 Å². The predicted molar refractivity (Wildman–Crippen MR) is 60.2 cm³/mol. The number of carbonyl (C=O) groups excluding carboxylic acids is 1. The van der Waals surface area contributed by atoms with Crippen molar-refractivity contribution < 1.29 is 9.90 Å². The Morgan fingerprint density at radius 2 is 2.27 bits per heavy atom. The molecule has 0 aliphatic heterocycles. The highest BCUT2D eigenvalue weighted by Crippen LogP contribution is 2.18. The van der Waals surface area contributed by atoms with Crippen LogP contribution < -0.4 is 5.32 Å². The highest BCUT2D eigenvalue weighted by Gasteiger charge is 2.09. The minimum Gasteiger partial charge on any atom is -0.395 e. The van der Waals surface area contributed by atoms with Crippen LogP contribution in [0.4, 0.5) is 0 Å². The lowest BCUT2D eigenvalue weighted by molar-refractivity contribution is 0.0945. The van der Waals surface area contributed by atoms with Crippen LogP contribution in [0.15, 0.2) is 18.2 Å². The molecule has 0 heterocycles. The SMILES string of the molecule is CCc1ccc(C(=O)NCCO)c(Cl)c1. The summed E-state index contributed by atoms with van der Waals surface area (Å²) in [5.74, 6) is -0.253. The van der Waals surface area contributed by atoms with E-state index in [0.717, 1.165) is 12.0 Å². The summed E-state index contributed by atoms with van der Waals surface area (Å²) >= 11 is 5.96. The van der Waals surface area contributed by atoms with Crippen LogP contribution in [0, 0.1) is 0 Å². The lowest BCUT2D eigenvalue weighted by Crippen LogP contribution is -2.26. The van der Waals surface area contributed by atoms with Gasteiger partial charge in [0, 0.05) is 6.54 Å². The largest absolute Gasteiger partial charge is 0.395 e. The van der Waals surface area contributed by atoms with Crippen molar-refractivity contribution in [1.82, 2.24) is 5.32 Å². The number of hydrogen-bond donors (Lipinski definition) is 2. The molecule has 0 radical (unpaired) electrons. The Bertz CT molecular complexity index is 352. The summed E-state index contributed by atoms with van der Waals surface area (Å²) in [5, 5.41) is 11.6. The van der Waals surface area contributed by atoms with Gasteiger partial charge >= 0.3 is 0 Å². The summed E-state index contributed by atoms with van der Waals surface area (Å²) in [4.78, 5) is 11.5. The van der Waals surface area contributed by atoms with Gasteiger partial charge in [-0.1, -0.05) is 24.6 Å². The molecule has 0 aliphatic carbocycles. The number of rotatable bonds is 4. The molecular weight excluding hydrogens is 214 g/mol. The summed E-state index contributed by atoms with van der Waals surface area (Å²) in [6.45, 7) is 2.19. The molecule has 1 amide bonds. The number of hydrogen-bond acceptors (Lipinski definition) is 2. The number of benzene rings is 1. The summed E-state index contributed by atoms with van der Waals surface area (Å²) < 4.78 is 0. The first-order valence-corrected chi connectivity index (χ1v) is 5.24. The van der Waals surface area contributed by atoms with Crippen molar-refractivity contribution in [2.45, 2.75) is 13.3 Å². The van der Waals surface area contributed by atoms with Gasteiger partial charge in [-0.3, -0.25) is 4.79 Å². The molecular formula is C11H14ClNO2. The maximum atomic E-state index is 11.5. The lowest BCUT2D eigenvalue weighted by Gasteiger charge is -2.06. The third kappa shape index (κ3) is 3.22. The Morgan fingerprint density at radius 3 is 2.80 bits per heavy atom. The number of halogens is 1. The van der Waals surface area contributed by atoms with E-state index in [1.165, 1.54) is 0 Å². The van der Waals surface area contributed by atoms with Crippen molar-refractivity contribution in [3.8, 4) is 0 Å². The number of amides is 1. The quantitative estimate of drug-likeness (QED) is 0.822. The first-order chi connectivity index (χ1) is 7.19. The van der Waals surface area contributed by atoms with Gasteiger partial charge in [-0.25, -0.2) is 0 Å². The average molecular weight is 228 g/mol. The Kier molecular flexibility index (Phi) is 4.59. The minimum absolute atomic E-state index is 0.0730. The zero-order valence-corrected chi connectivity index (χ0v) is 9.34. The van der Waals surface area contributed by atoms with Gasteiger partial charge < -0.3 is 10.4 Å². The topological polar surface area (TPSA) is 49.3 Å². The van der Waals surface area contributed by atoms with Gasteiger partial charge in [-0.15, -0.1) is 0 Å². The van der Waals surface area contributed by atoms with Gasteiger partial charge in [0.15, 0.2) is 0 Å². The van der Waals surface area contributed by atoms with Crippen molar-refractivity contribution in [2.24, 2.45) is 0 Å². The van der Waals surface area contributed by atoms with E-state index in [2.05, 4.69) is 5.32 Å². The molecule has 82 valence electrons. The standard InChI is InChI=1S/C11H14ClNO2/c1-2-8-3-4-9(10(12)7-8)11(15)13-5-6-14/h3-4,7,14H,2,5-6H2,1H3,(H,13,15). The molecule has 0 fully saturated rings. The average Bonchev–Trinajstić information content (AvgIpc) is 2.25. The zero-order chi connectivity index (χ0) is 11.3. The molecule has 0 aliphatic rings. The number of aliphatic hydroxyl groups is 1. The van der Waals surface area contributed by atoms with Gasteiger partial charge in [0.25, 0.3) is 5.91 Å². The van der Waals surface area contributed by atoms with Crippen LogP contribution >= 0.6 is 11.6 Å². The highest BCUT2D eigenvalue weighted by molar-refractivity contribution is 6.33. The van der Waals surface area contributed by atoms with E-state index in [-0.39, 0.29) is 19.1 Å². The van der Waals surface area contributed by atoms with Gasteiger partial charge in [-0.05, 0) is 24.1 Å². The van der Waals surface area contributed by atoms with Crippen molar-refractivity contribution in [3.05, 3.63) is 34.3 Å². The summed E-state index contributed by atoms with van der Waals surface area (Å²) in [5.41, 5.74) is 1.54. The first kappa shape index (κ1) is 12.0. The van der Waals surface area contributed by atoms with Gasteiger partial charge in [0.1, 0.15) is 0 Å². The van der Waals surface area contributed by atoms with Crippen LogP contribution in [0.3, 0.4) is 0 Å². The second-order valence-corrected chi connectivity index (χ2v) is 3.55. The number of nitrogens with one attached hydrogen (secondary N) is 1. The van der Waals surface area contributed by atoms with E-state index >= 15 is 0 Å². The van der Waals surface area contributed by atoms with Crippen LogP contribution in [0.2, 0.25) is 5.02 Å². The maximum Gasteiger partial charge on any atom is 0.252 e. The first-order valence-electron chi connectivity index (χ1n) is 4.86. The molecule has 0 saturated heterocycles. The molecule has 4 heteroatoms. The van der Waals surface area contributed by atoms with Gasteiger partial charge in [0.05, 0.1) is 17.2 Å². The van der Waals surface area contributed by atoms with Crippen LogP contribution in [-0.4, -0.2) is 24.2 Å². The van der Waals surface area contributed by atoms with E-state index in [9.17, 15) is 4.79 Å². The fraction of sp³-hybridized carbons (Fsp3) is 0.364. The Hall–Kier alpha value is -1.06. The monoisotopic (exact) mass is 227 g/mol. The van der Waals surface area contributed by atoms with Crippen LogP contribution in [-0.2, 0) is 6.42 Å². The molecule has 3 nitrogen and oxygen atoms in total. The zero-order valence-electron chi connectivity index (χ0n) is 8.59. The Labute approximate surface area is 94.1 Å². The fourth-order valence-corrected chi connectivity index (χ4v) is 1.52.